The Morgan fingerprint density at radius 3 is 2.85 bits per heavy atom. The maximum Gasteiger partial charge on any atom is 0.202 e. The predicted molar refractivity (Wildman–Crippen MR) is 77.9 cm³/mol. The molecule has 1 aromatic carbocycles. The van der Waals surface area contributed by atoms with Crippen LogP contribution in [0.3, 0.4) is 0 Å². The van der Waals surface area contributed by atoms with Gasteiger partial charge < -0.3 is 14.8 Å². The van der Waals surface area contributed by atoms with Gasteiger partial charge in [-0.1, -0.05) is 6.92 Å². The van der Waals surface area contributed by atoms with E-state index < -0.39 is 0 Å². The smallest absolute Gasteiger partial charge is 0.202 e. The largest absolute Gasteiger partial charge is 0.508 e. The van der Waals surface area contributed by atoms with Crippen molar-refractivity contribution in [2.24, 2.45) is 0 Å². The third-order valence-electron chi connectivity index (χ3n) is 2.97. The molecule has 0 aliphatic carbocycles. The second-order valence-electron chi connectivity index (χ2n) is 4.53. The maximum atomic E-state index is 12.1. The van der Waals surface area contributed by atoms with Gasteiger partial charge >= 0.3 is 0 Å². The number of carbonyl (C=O) groups is 1. The Bertz CT molecular complexity index is 641. The third kappa shape index (κ3) is 3.09. The van der Waals surface area contributed by atoms with Crippen LogP contribution in [-0.4, -0.2) is 20.6 Å². The summed E-state index contributed by atoms with van der Waals surface area (Å²) in [4.78, 5) is 12.1. The molecular formula is C16H17NO3. The van der Waals surface area contributed by atoms with Gasteiger partial charge in [-0.15, -0.1) is 0 Å². The molecule has 4 heteroatoms. The van der Waals surface area contributed by atoms with Gasteiger partial charge in [0.25, 0.3) is 0 Å². The van der Waals surface area contributed by atoms with Crippen LogP contribution in [0.1, 0.15) is 29.4 Å². The molecule has 4 nitrogen and oxygen atoms in total. The van der Waals surface area contributed by atoms with E-state index in [-0.39, 0.29) is 17.3 Å². The zero-order valence-electron chi connectivity index (χ0n) is 11.3. The molecule has 2 aromatic rings. The van der Waals surface area contributed by atoms with Crippen LogP contribution in [0.2, 0.25) is 0 Å². The third-order valence-corrected chi connectivity index (χ3v) is 2.97. The number of rotatable bonds is 5. The molecule has 0 fully saturated rings. The monoisotopic (exact) mass is 271 g/mol. The van der Waals surface area contributed by atoms with Crippen molar-refractivity contribution in [3.05, 3.63) is 53.9 Å². The molecule has 0 bridgehead atoms. The van der Waals surface area contributed by atoms with E-state index in [1.165, 1.54) is 30.4 Å². The summed E-state index contributed by atoms with van der Waals surface area (Å²) in [5.41, 5.74) is 1.02. The van der Waals surface area contributed by atoms with Crippen LogP contribution in [0.4, 0.5) is 0 Å². The lowest BCUT2D eigenvalue weighted by atomic mass is 10.1. The topological polar surface area (TPSA) is 62.5 Å². The number of ketones is 1. The predicted octanol–water partition coefficient (Wildman–Crippen LogP) is 3.21. The van der Waals surface area contributed by atoms with Gasteiger partial charge in [0.2, 0.25) is 5.78 Å². The zero-order valence-corrected chi connectivity index (χ0v) is 11.3. The summed E-state index contributed by atoms with van der Waals surface area (Å²) < 4.78 is 1.90. The summed E-state index contributed by atoms with van der Waals surface area (Å²) in [5.74, 6) is -0.0637. The van der Waals surface area contributed by atoms with Crippen molar-refractivity contribution < 1.29 is 15.0 Å². The van der Waals surface area contributed by atoms with E-state index in [9.17, 15) is 15.0 Å². The number of phenolic OH excluding ortho intramolecular Hbond substituents is 2. The number of phenols is 2. The lowest BCUT2D eigenvalue weighted by Gasteiger charge is -2.04. The van der Waals surface area contributed by atoms with E-state index >= 15 is 0 Å². The number of carbonyl (C=O) groups excluding carboxylic acids is 1. The highest BCUT2D eigenvalue weighted by molar-refractivity contribution is 6.05. The standard InChI is InChI=1S/C16H17NO3/c1-2-9-17-10-3-4-14(17)16(20)7-5-12-11-13(18)6-8-15(12)19/h3-8,10-11,18-19H,2,9H2,1H3/b7-5+. The zero-order chi connectivity index (χ0) is 14.5. The summed E-state index contributed by atoms with van der Waals surface area (Å²) in [6.45, 7) is 2.84. The lowest BCUT2D eigenvalue weighted by Crippen LogP contribution is -2.05. The van der Waals surface area contributed by atoms with Gasteiger partial charge in [0.1, 0.15) is 11.5 Å². The van der Waals surface area contributed by atoms with Gasteiger partial charge in [0.05, 0.1) is 5.69 Å². The molecule has 0 spiro atoms. The first-order valence-corrected chi connectivity index (χ1v) is 6.51. The quantitative estimate of drug-likeness (QED) is 0.498. The van der Waals surface area contributed by atoms with E-state index in [4.69, 9.17) is 0 Å². The molecule has 0 aliphatic heterocycles. The first-order valence-electron chi connectivity index (χ1n) is 6.51. The van der Waals surface area contributed by atoms with Gasteiger partial charge in [0, 0.05) is 18.3 Å². The Hall–Kier alpha value is -2.49. The van der Waals surface area contributed by atoms with Gasteiger partial charge in [-0.25, -0.2) is 0 Å². The number of benzene rings is 1. The van der Waals surface area contributed by atoms with Crippen molar-refractivity contribution >= 4 is 11.9 Å². The molecule has 0 atom stereocenters. The second kappa shape index (κ2) is 6.10. The van der Waals surface area contributed by atoms with Crippen LogP contribution in [0.25, 0.3) is 6.08 Å². The van der Waals surface area contributed by atoms with E-state index in [1.54, 1.807) is 6.07 Å². The van der Waals surface area contributed by atoms with Gasteiger partial charge in [-0.3, -0.25) is 4.79 Å². The summed E-state index contributed by atoms with van der Waals surface area (Å²) in [5, 5.41) is 19.0. The average molecular weight is 271 g/mol. The Morgan fingerprint density at radius 2 is 2.10 bits per heavy atom. The van der Waals surface area contributed by atoms with E-state index in [0.717, 1.165) is 13.0 Å². The molecule has 0 unspecified atom stereocenters. The summed E-state index contributed by atoms with van der Waals surface area (Å²) >= 11 is 0. The summed E-state index contributed by atoms with van der Waals surface area (Å²) in [6.07, 6.45) is 5.72. The molecular weight excluding hydrogens is 254 g/mol. The van der Waals surface area contributed by atoms with Crippen LogP contribution in [0, 0.1) is 0 Å². The fraction of sp³-hybridized carbons (Fsp3) is 0.188. The number of aromatic hydroxyl groups is 2. The average Bonchev–Trinajstić information content (AvgIpc) is 2.88. The highest BCUT2D eigenvalue weighted by Crippen LogP contribution is 2.23. The fourth-order valence-corrected chi connectivity index (χ4v) is 2.00. The number of aromatic nitrogens is 1. The molecule has 1 heterocycles. The van der Waals surface area contributed by atoms with Gasteiger partial charge in [0.15, 0.2) is 0 Å². The molecule has 0 amide bonds. The Morgan fingerprint density at radius 1 is 1.30 bits per heavy atom. The first-order chi connectivity index (χ1) is 9.61. The van der Waals surface area contributed by atoms with Crippen molar-refractivity contribution in [2.45, 2.75) is 19.9 Å². The van der Waals surface area contributed by atoms with Crippen LogP contribution in [-0.2, 0) is 6.54 Å². The number of hydrogen-bond donors (Lipinski definition) is 2. The molecule has 0 saturated heterocycles. The molecule has 104 valence electrons. The van der Waals surface area contributed by atoms with Crippen molar-refractivity contribution in [3.8, 4) is 11.5 Å². The molecule has 0 aliphatic rings. The minimum atomic E-state index is -0.133. The molecule has 0 saturated carbocycles. The molecule has 0 radical (unpaired) electrons. The highest BCUT2D eigenvalue weighted by atomic mass is 16.3. The Kier molecular flexibility index (Phi) is 4.25. The first kappa shape index (κ1) is 13.9. The van der Waals surface area contributed by atoms with Crippen molar-refractivity contribution in [3.63, 3.8) is 0 Å². The van der Waals surface area contributed by atoms with Crippen LogP contribution >= 0.6 is 0 Å². The van der Waals surface area contributed by atoms with Crippen molar-refractivity contribution in [2.75, 3.05) is 0 Å². The summed E-state index contributed by atoms with van der Waals surface area (Å²) in [6, 6.07) is 7.79. The van der Waals surface area contributed by atoms with Crippen LogP contribution in [0.5, 0.6) is 11.5 Å². The van der Waals surface area contributed by atoms with Crippen molar-refractivity contribution in [1.82, 2.24) is 4.57 Å². The molecule has 2 N–H and O–H groups in total. The van der Waals surface area contributed by atoms with Crippen LogP contribution < -0.4 is 0 Å². The SMILES string of the molecule is CCCn1cccc1C(=O)/C=C/c1cc(O)ccc1O. The second-order valence-corrected chi connectivity index (χ2v) is 4.53. The molecule has 20 heavy (non-hydrogen) atoms. The minimum Gasteiger partial charge on any atom is -0.508 e. The van der Waals surface area contributed by atoms with Crippen molar-refractivity contribution in [1.29, 1.82) is 0 Å². The normalized spacial score (nSPS) is 11.1. The minimum absolute atomic E-state index is 0.0239. The number of allylic oxidation sites excluding steroid dienone is 1. The molecule has 1 aromatic heterocycles. The number of hydrogen-bond acceptors (Lipinski definition) is 3. The Balaban J connectivity index is 2.20. The fourth-order valence-electron chi connectivity index (χ4n) is 2.00. The van der Waals surface area contributed by atoms with E-state index in [2.05, 4.69) is 6.92 Å². The van der Waals surface area contributed by atoms with Gasteiger partial charge in [-0.2, -0.15) is 0 Å². The summed E-state index contributed by atoms with van der Waals surface area (Å²) in [7, 11) is 0. The number of aryl methyl sites for hydroxylation is 1. The lowest BCUT2D eigenvalue weighted by molar-refractivity contribution is 0.103. The van der Waals surface area contributed by atoms with E-state index in [0.29, 0.717) is 11.3 Å². The van der Waals surface area contributed by atoms with Gasteiger partial charge in [-0.05, 0) is 48.9 Å². The van der Waals surface area contributed by atoms with E-state index in [1.807, 2.05) is 16.8 Å². The molecule has 2 rings (SSSR count). The highest BCUT2D eigenvalue weighted by Gasteiger charge is 2.07. The van der Waals surface area contributed by atoms with Crippen LogP contribution in [0.15, 0.2) is 42.6 Å². The maximum absolute atomic E-state index is 12.1. The number of nitrogens with zero attached hydrogens (tertiary/aromatic N) is 1. The Labute approximate surface area is 117 Å².